The number of nitrogens with zero attached hydrogens (tertiary/aromatic N) is 11. The van der Waals surface area contributed by atoms with Crippen LogP contribution in [0.4, 0.5) is 18.4 Å². The first-order valence-electron chi connectivity index (χ1n) is 15.9. The second-order valence-corrected chi connectivity index (χ2v) is 13.0. The average molecular weight is 723 g/mol. The van der Waals surface area contributed by atoms with E-state index in [1.165, 1.54) is 47.0 Å². The minimum Gasteiger partial charge on any atom is -0.431 e. The van der Waals surface area contributed by atoms with E-state index in [4.69, 9.17) is 19.1 Å². The van der Waals surface area contributed by atoms with Crippen LogP contribution in [0.1, 0.15) is 65.5 Å². The lowest BCUT2D eigenvalue weighted by molar-refractivity contribution is 0.0120. The summed E-state index contributed by atoms with van der Waals surface area (Å²) in [5, 5.41) is 30.8. The number of urea groups is 1. The van der Waals surface area contributed by atoms with E-state index in [1.807, 2.05) is 27.7 Å². The molecule has 1 N–H and O–H groups in total. The Hall–Kier alpha value is -6.21. The summed E-state index contributed by atoms with van der Waals surface area (Å²) >= 11 is 0. The number of hydrazone groups is 3. The molecule has 18 nitrogen and oxygen atoms in total. The number of aromatic nitrogens is 2. The maximum absolute atomic E-state index is 13.3. The molecule has 2 amide bonds. The quantitative estimate of drug-likeness (QED) is 0.321. The smallest absolute Gasteiger partial charge is 0.431 e. The van der Waals surface area contributed by atoms with Crippen molar-refractivity contribution in [2.75, 3.05) is 13.1 Å². The van der Waals surface area contributed by atoms with Gasteiger partial charge in [0.05, 0.1) is 44.0 Å². The molecule has 0 fully saturated rings. The SMILES string of the molecule is CC(C)OC(=O)OC1=NN=C(C2=NOC(C)(C)C2)CN1/N=C/c1cncc(F)c1.CC1(C)CC(C2=NNC(=O)N(/N=C/c3cncc(F)c3)C2)=NO1. The highest BCUT2D eigenvalue weighted by Crippen LogP contribution is 2.25. The summed E-state index contributed by atoms with van der Waals surface area (Å²) in [6, 6.07) is 1.87. The van der Waals surface area contributed by atoms with Gasteiger partial charge in [-0.25, -0.2) is 33.8 Å². The van der Waals surface area contributed by atoms with Crippen molar-refractivity contribution in [1.29, 1.82) is 0 Å². The molecule has 0 spiro atoms. The van der Waals surface area contributed by atoms with Gasteiger partial charge < -0.3 is 19.1 Å². The van der Waals surface area contributed by atoms with Gasteiger partial charge in [-0.05, 0) is 53.7 Å². The number of carbonyl (C=O) groups excluding carboxylic acids is 2. The predicted octanol–water partition coefficient (Wildman–Crippen LogP) is 4.19. The average Bonchev–Trinajstić information content (AvgIpc) is 3.64. The molecule has 6 heterocycles. The summed E-state index contributed by atoms with van der Waals surface area (Å²) in [6.45, 7) is 11.3. The number of hydrogen-bond donors (Lipinski definition) is 1. The van der Waals surface area contributed by atoms with Crippen LogP contribution in [0.25, 0.3) is 0 Å². The molecule has 4 aliphatic heterocycles. The molecule has 2 aromatic rings. The van der Waals surface area contributed by atoms with Crippen molar-refractivity contribution in [3.05, 3.63) is 59.7 Å². The number of halogens is 2. The third kappa shape index (κ3) is 10.4. The number of ether oxygens (including phenoxy) is 2. The first-order chi connectivity index (χ1) is 24.6. The van der Waals surface area contributed by atoms with Crippen molar-refractivity contribution in [3.8, 4) is 0 Å². The normalized spacial score (nSPS) is 19.1. The maximum Gasteiger partial charge on any atom is 0.516 e. The van der Waals surface area contributed by atoms with E-state index in [9.17, 15) is 18.4 Å². The lowest BCUT2D eigenvalue weighted by atomic mass is 10.00. The molecule has 0 aromatic carbocycles. The van der Waals surface area contributed by atoms with E-state index in [1.54, 1.807) is 13.8 Å². The molecule has 0 saturated heterocycles. The van der Waals surface area contributed by atoms with E-state index >= 15 is 0 Å². The van der Waals surface area contributed by atoms with Crippen LogP contribution in [0.15, 0.2) is 72.7 Å². The van der Waals surface area contributed by atoms with Crippen molar-refractivity contribution in [2.24, 2.45) is 35.8 Å². The van der Waals surface area contributed by atoms with Gasteiger partial charge in [-0.2, -0.15) is 15.3 Å². The molecule has 0 unspecified atom stereocenters. The fourth-order valence-electron chi connectivity index (χ4n) is 4.54. The summed E-state index contributed by atoms with van der Waals surface area (Å²) in [5.74, 6) is -0.973. The number of oxime groups is 2. The summed E-state index contributed by atoms with van der Waals surface area (Å²) in [4.78, 5) is 41.8. The van der Waals surface area contributed by atoms with Crippen molar-refractivity contribution in [3.63, 3.8) is 0 Å². The Morgan fingerprint density at radius 2 is 1.38 bits per heavy atom. The molecule has 4 aliphatic rings. The Balaban J connectivity index is 0.000000206. The Kier molecular flexibility index (Phi) is 11.2. The van der Waals surface area contributed by atoms with Crippen LogP contribution in [0.3, 0.4) is 0 Å². The Morgan fingerprint density at radius 1 is 0.846 bits per heavy atom. The topological polar surface area (TPSA) is 202 Å². The van der Waals surface area contributed by atoms with Crippen LogP contribution < -0.4 is 5.43 Å². The highest BCUT2D eigenvalue weighted by Gasteiger charge is 2.35. The Labute approximate surface area is 296 Å². The van der Waals surface area contributed by atoms with Crippen LogP contribution in [-0.2, 0) is 19.1 Å². The molecule has 0 aliphatic carbocycles. The van der Waals surface area contributed by atoms with Gasteiger partial charge in [-0.1, -0.05) is 15.4 Å². The van der Waals surface area contributed by atoms with E-state index in [2.05, 4.69) is 51.2 Å². The number of nitrogens with one attached hydrogen (secondary N) is 1. The van der Waals surface area contributed by atoms with Crippen LogP contribution in [0.5, 0.6) is 0 Å². The molecular formula is C32H36F2N12O6. The van der Waals surface area contributed by atoms with Crippen LogP contribution in [0.2, 0.25) is 0 Å². The summed E-state index contributed by atoms with van der Waals surface area (Å²) in [7, 11) is 0. The number of pyridine rings is 2. The van der Waals surface area contributed by atoms with Crippen molar-refractivity contribution in [1.82, 2.24) is 25.4 Å². The maximum atomic E-state index is 13.3. The number of amides is 2. The standard InChI is InChI=1S/C18H21FN6O4.C14H15FN6O2/c1-11(2)27-17(26)28-16-23-22-15(14-6-18(3,4)29-24-14)10-25(16)21-8-12-5-13(19)9-20-7-12;1-14(2)4-11(20-23-14)12-8-21(13(22)19-18-12)17-6-9-3-10(15)7-16-5-9/h5,7-9,11H,6,10H2,1-4H3;3,5-7H,4,8H2,1-2H3,(H,19,22)/b21-8+;17-6+. The largest absolute Gasteiger partial charge is 0.516 e. The predicted molar refractivity (Wildman–Crippen MR) is 185 cm³/mol. The molecule has 0 radical (unpaired) electrons. The summed E-state index contributed by atoms with van der Waals surface area (Å²) in [5.41, 5.74) is 4.78. The Bertz CT molecular complexity index is 1910. The van der Waals surface area contributed by atoms with Crippen LogP contribution in [0, 0.1) is 11.6 Å². The zero-order chi connectivity index (χ0) is 37.5. The molecule has 2 aromatic heterocycles. The van der Waals surface area contributed by atoms with Gasteiger partial charge in [0, 0.05) is 36.4 Å². The lowest BCUT2D eigenvalue weighted by Crippen LogP contribution is -2.45. The monoisotopic (exact) mass is 722 g/mol. The zero-order valence-corrected chi connectivity index (χ0v) is 29.1. The lowest BCUT2D eigenvalue weighted by Gasteiger charge is -2.22. The van der Waals surface area contributed by atoms with Gasteiger partial charge in [0.25, 0.3) is 0 Å². The Morgan fingerprint density at radius 3 is 1.90 bits per heavy atom. The minimum absolute atomic E-state index is 0.116. The molecule has 0 atom stereocenters. The van der Waals surface area contributed by atoms with Gasteiger partial charge in [-0.15, -0.1) is 5.10 Å². The van der Waals surface area contributed by atoms with Gasteiger partial charge in [0.1, 0.15) is 45.7 Å². The number of amidine groups is 1. The third-order valence-corrected chi connectivity index (χ3v) is 6.91. The van der Waals surface area contributed by atoms with Gasteiger partial charge in [-0.3, -0.25) is 9.97 Å². The first-order valence-corrected chi connectivity index (χ1v) is 15.9. The highest BCUT2D eigenvalue weighted by molar-refractivity contribution is 6.44. The van der Waals surface area contributed by atoms with Crippen molar-refractivity contribution >= 4 is 53.5 Å². The summed E-state index contributed by atoms with van der Waals surface area (Å²) in [6.07, 6.45) is 7.61. The fraction of sp³-hybridized carbons (Fsp3) is 0.406. The molecule has 0 saturated carbocycles. The third-order valence-electron chi connectivity index (χ3n) is 6.91. The fourth-order valence-corrected chi connectivity index (χ4v) is 4.54. The van der Waals surface area contributed by atoms with Crippen LogP contribution >= 0.6 is 0 Å². The van der Waals surface area contributed by atoms with E-state index in [-0.39, 0.29) is 30.8 Å². The van der Waals surface area contributed by atoms with Gasteiger partial charge in [0.15, 0.2) is 0 Å². The van der Waals surface area contributed by atoms with Gasteiger partial charge in [0.2, 0.25) is 0 Å². The molecule has 52 heavy (non-hydrogen) atoms. The molecule has 274 valence electrons. The second kappa shape index (κ2) is 15.8. The second-order valence-electron chi connectivity index (χ2n) is 13.0. The number of rotatable bonds is 7. The van der Waals surface area contributed by atoms with Crippen LogP contribution in [-0.4, -0.2) is 104 Å². The molecular weight excluding hydrogens is 686 g/mol. The van der Waals surface area contributed by atoms with E-state index in [0.717, 1.165) is 12.4 Å². The molecule has 6 rings (SSSR count). The zero-order valence-electron chi connectivity index (χ0n) is 29.1. The number of carbonyl (C=O) groups is 2. The van der Waals surface area contributed by atoms with E-state index < -0.39 is 29.4 Å². The van der Waals surface area contributed by atoms with Crippen molar-refractivity contribution in [2.45, 2.75) is 71.7 Å². The molecule has 0 bridgehead atoms. The van der Waals surface area contributed by atoms with Gasteiger partial charge >= 0.3 is 18.2 Å². The minimum atomic E-state index is -0.937. The van der Waals surface area contributed by atoms with E-state index in [0.29, 0.717) is 46.8 Å². The first kappa shape index (κ1) is 37.1. The summed E-state index contributed by atoms with van der Waals surface area (Å²) < 4.78 is 36.5. The number of hydrogen-bond acceptors (Lipinski definition) is 16. The molecule has 20 heteroatoms. The highest BCUT2D eigenvalue weighted by atomic mass is 19.1. The van der Waals surface area contributed by atoms with Crippen molar-refractivity contribution < 1.29 is 37.5 Å².